The fourth-order valence-corrected chi connectivity index (χ4v) is 8.84. The highest BCUT2D eigenvalue weighted by atomic mass is 16.5. The molecule has 60 heavy (non-hydrogen) atoms. The lowest BCUT2D eigenvalue weighted by atomic mass is 9.91. The number of benzene rings is 2. The maximum atomic E-state index is 13.0. The van der Waals surface area contributed by atoms with Gasteiger partial charge in [0.15, 0.2) is 0 Å². The molecule has 10 rings (SSSR count). The minimum Gasteiger partial charge on any atom is -0.481 e. The number of aryl methyl sites for hydroxylation is 1. The molecule has 1 saturated carbocycles. The number of piperidine rings is 2. The number of nitrogens with zero attached hydrogens (tertiary/aromatic N) is 6. The topological polar surface area (TPSA) is 141 Å². The fraction of sp³-hybridized carbons (Fsp3) is 0.319. The summed E-state index contributed by atoms with van der Waals surface area (Å²) in [4.78, 5) is 54.2. The molecule has 0 spiro atoms. The van der Waals surface area contributed by atoms with Crippen molar-refractivity contribution in [1.29, 1.82) is 0 Å². The Balaban J connectivity index is 0.660. The van der Waals surface area contributed by atoms with E-state index in [0.717, 1.165) is 72.1 Å². The summed E-state index contributed by atoms with van der Waals surface area (Å²) >= 11 is 0. The van der Waals surface area contributed by atoms with E-state index in [-0.39, 0.29) is 43.2 Å². The molecule has 0 radical (unpaired) electrons. The Morgan fingerprint density at radius 1 is 0.817 bits per heavy atom. The van der Waals surface area contributed by atoms with Gasteiger partial charge in [-0.15, -0.1) is 0 Å². The number of nitrogens with one attached hydrogen (secondary N) is 1. The number of pyridine rings is 3. The van der Waals surface area contributed by atoms with Gasteiger partial charge in [-0.25, -0.2) is 9.97 Å². The number of ether oxygens (including phenoxy) is 3. The lowest BCUT2D eigenvalue weighted by Gasteiger charge is -2.40. The van der Waals surface area contributed by atoms with Crippen LogP contribution in [0.25, 0.3) is 32.9 Å². The number of imide groups is 1. The molecular weight excluding hydrogens is 759 g/mol. The molecule has 1 N–H and O–H groups in total. The van der Waals surface area contributed by atoms with E-state index in [9.17, 15) is 14.4 Å². The van der Waals surface area contributed by atoms with Crippen LogP contribution in [-0.2, 0) is 27.9 Å². The normalized spacial score (nSPS) is 20.4. The molecule has 4 aliphatic rings. The fourth-order valence-electron chi connectivity index (χ4n) is 8.84. The number of carbonyl (C=O) groups excluding carboxylic acids is 3. The number of anilines is 1. The molecule has 1 atom stereocenters. The van der Waals surface area contributed by atoms with Crippen molar-refractivity contribution in [3.05, 3.63) is 108 Å². The van der Waals surface area contributed by atoms with E-state index < -0.39 is 11.9 Å². The minimum atomic E-state index is -0.652. The van der Waals surface area contributed by atoms with Crippen molar-refractivity contribution in [3.8, 4) is 34.6 Å². The predicted molar refractivity (Wildman–Crippen MR) is 224 cm³/mol. The van der Waals surface area contributed by atoms with E-state index in [1.807, 2.05) is 48.9 Å². The van der Waals surface area contributed by atoms with Crippen LogP contribution in [0.2, 0.25) is 0 Å². The van der Waals surface area contributed by atoms with Gasteiger partial charge in [0.1, 0.15) is 30.2 Å². The molecule has 13 nitrogen and oxygen atoms in total. The number of hydrogen-bond donors (Lipinski definition) is 1. The molecule has 3 amide bonds. The van der Waals surface area contributed by atoms with Crippen LogP contribution in [0.1, 0.15) is 60.1 Å². The maximum absolute atomic E-state index is 13.0. The number of carbonyl (C=O) groups is 3. The summed E-state index contributed by atoms with van der Waals surface area (Å²) in [6, 6.07) is 21.2. The zero-order chi connectivity index (χ0) is 40.7. The quantitative estimate of drug-likeness (QED) is 0.137. The third kappa shape index (κ3) is 7.39. The highest BCUT2D eigenvalue weighted by Crippen LogP contribution is 2.34. The first-order chi connectivity index (χ1) is 29.3. The minimum absolute atomic E-state index is 0.104. The molecule has 13 heteroatoms. The number of amides is 3. The molecular formula is C47H43N7O6. The summed E-state index contributed by atoms with van der Waals surface area (Å²) in [6.45, 7) is 2.22. The highest BCUT2D eigenvalue weighted by Gasteiger charge is 2.39. The standard InChI is InChI=1S/C47H43N7O6/c1-52-41-13-16-48-27-40(41)39-7-4-29(22-43(39)52)30-5-11-45(50-26-30)60-37-24-36(25-37)59-34-14-18-53(19-15-34)33-12-17-49-32(23-33)3-2-20-58-35-6-8-38-31(21-35)28-54(47(38)57)42-9-10-44(55)51-46(42)56/h4-8,11-13,16-17,21-23,26-27,34,36-37,42H,9-10,14-15,18-20,24-25,28H2,1H3,(H,51,55,56). The first-order valence-corrected chi connectivity index (χ1v) is 20.5. The van der Waals surface area contributed by atoms with E-state index >= 15 is 0 Å². The van der Waals surface area contributed by atoms with Crippen LogP contribution >= 0.6 is 0 Å². The van der Waals surface area contributed by atoms with Gasteiger partial charge >= 0.3 is 0 Å². The predicted octanol–water partition coefficient (Wildman–Crippen LogP) is 5.97. The number of hydrogen-bond acceptors (Lipinski definition) is 10. The van der Waals surface area contributed by atoms with Gasteiger partial charge in [0.25, 0.3) is 5.91 Å². The molecule has 3 aliphatic heterocycles. The van der Waals surface area contributed by atoms with Crippen molar-refractivity contribution in [2.24, 2.45) is 7.05 Å². The summed E-state index contributed by atoms with van der Waals surface area (Å²) in [5.41, 5.74) is 7.56. The van der Waals surface area contributed by atoms with Gasteiger partial charge < -0.3 is 28.6 Å². The van der Waals surface area contributed by atoms with Crippen molar-refractivity contribution in [2.75, 3.05) is 24.6 Å². The van der Waals surface area contributed by atoms with Crippen molar-refractivity contribution in [1.82, 2.24) is 29.7 Å². The second-order valence-corrected chi connectivity index (χ2v) is 15.9. The molecule has 6 aromatic rings. The third-order valence-electron chi connectivity index (χ3n) is 12.2. The average Bonchev–Trinajstić information content (AvgIpc) is 3.74. The largest absolute Gasteiger partial charge is 0.481 e. The zero-order valence-corrected chi connectivity index (χ0v) is 33.2. The summed E-state index contributed by atoms with van der Waals surface area (Å²) in [5, 5.41) is 4.68. The van der Waals surface area contributed by atoms with Crippen molar-refractivity contribution in [3.63, 3.8) is 0 Å². The third-order valence-corrected chi connectivity index (χ3v) is 12.2. The molecule has 4 aromatic heterocycles. The Morgan fingerprint density at radius 2 is 1.68 bits per heavy atom. The Hall–Kier alpha value is -6.78. The Labute approximate surface area is 346 Å². The average molecular weight is 802 g/mol. The summed E-state index contributed by atoms with van der Waals surface area (Å²) in [7, 11) is 2.09. The summed E-state index contributed by atoms with van der Waals surface area (Å²) in [6.07, 6.45) is 12.1. The van der Waals surface area contributed by atoms with Crippen LogP contribution < -0.4 is 19.7 Å². The van der Waals surface area contributed by atoms with Crippen LogP contribution in [0.5, 0.6) is 11.6 Å². The zero-order valence-electron chi connectivity index (χ0n) is 33.2. The molecule has 2 saturated heterocycles. The van der Waals surface area contributed by atoms with Crippen molar-refractivity contribution < 1.29 is 28.6 Å². The van der Waals surface area contributed by atoms with Crippen LogP contribution in [0.3, 0.4) is 0 Å². The Kier molecular flexibility index (Phi) is 9.85. The van der Waals surface area contributed by atoms with Crippen LogP contribution in [0, 0.1) is 11.8 Å². The maximum Gasteiger partial charge on any atom is 0.255 e. The van der Waals surface area contributed by atoms with Gasteiger partial charge in [-0.2, -0.15) is 0 Å². The lowest BCUT2D eigenvalue weighted by Crippen LogP contribution is -2.52. The lowest BCUT2D eigenvalue weighted by molar-refractivity contribution is -0.136. The molecule has 3 fully saturated rings. The van der Waals surface area contributed by atoms with Crippen molar-refractivity contribution >= 4 is 45.2 Å². The molecule has 2 aromatic carbocycles. The number of fused-ring (bicyclic) bond motifs is 4. The summed E-state index contributed by atoms with van der Waals surface area (Å²) in [5.74, 6) is 6.45. The van der Waals surface area contributed by atoms with Crippen LogP contribution in [0.4, 0.5) is 5.69 Å². The molecule has 302 valence electrons. The molecule has 7 heterocycles. The highest BCUT2D eigenvalue weighted by molar-refractivity contribution is 6.08. The van der Waals surface area contributed by atoms with E-state index in [1.54, 1.807) is 18.3 Å². The van der Waals surface area contributed by atoms with Crippen LogP contribution in [0.15, 0.2) is 91.5 Å². The van der Waals surface area contributed by atoms with Gasteiger partial charge in [-0.05, 0) is 84.8 Å². The Bertz CT molecular complexity index is 2710. The smallest absolute Gasteiger partial charge is 0.255 e. The van der Waals surface area contributed by atoms with Crippen LogP contribution in [-0.4, -0.2) is 86.2 Å². The van der Waals surface area contributed by atoms with Gasteiger partial charge in [0, 0.05) is 110 Å². The van der Waals surface area contributed by atoms with E-state index in [1.165, 1.54) is 15.8 Å². The first kappa shape index (κ1) is 37.5. The SMILES string of the molecule is Cn1c2ccncc2c2ccc(-c3ccc(OC4CC(OC5CCN(c6ccnc(C#CCOc7ccc8c(c7)CN(C7CCC(=O)NC7=O)C8=O)c6)CC5)C4)nc3)cc21. The Morgan fingerprint density at radius 3 is 2.52 bits per heavy atom. The molecule has 0 bridgehead atoms. The van der Waals surface area contributed by atoms with Gasteiger partial charge in [-0.3, -0.25) is 24.7 Å². The van der Waals surface area contributed by atoms with Crippen molar-refractivity contribution in [2.45, 2.75) is 69.4 Å². The van der Waals surface area contributed by atoms with E-state index in [4.69, 9.17) is 14.2 Å². The molecule has 1 aliphatic carbocycles. The van der Waals surface area contributed by atoms with E-state index in [2.05, 4.69) is 72.9 Å². The van der Waals surface area contributed by atoms with Gasteiger partial charge in [-0.1, -0.05) is 18.1 Å². The summed E-state index contributed by atoms with van der Waals surface area (Å²) < 4.78 is 20.8. The number of rotatable bonds is 9. The van der Waals surface area contributed by atoms with E-state index in [0.29, 0.717) is 35.9 Å². The van der Waals surface area contributed by atoms with Gasteiger partial charge in [0.05, 0.1) is 17.7 Å². The molecule has 1 unspecified atom stereocenters. The van der Waals surface area contributed by atoms with Gasteiger partial charge in [0.2, 0.25) is 17.7 Å². The second kappa shape index (κ2) is 15.8. The first-order valence-electron chi connectivity index (χ1n) is 20.5. The second-order valence-electron chi connectivity index (χ2n) is 15.9. The number of aromatic nitrogens is 4. The monoisotopic (exact) mass is 801 g/mol.